The molecule has 0 saturated carbocycles. The van der Waals surface area contributed by atoms with E-state index in [0.717, 1.165) is 62.6 Å². The van der Waals surface area contributed by atoms with Crippen LogP contribution < -0.4 is 10.6 Å². The molecule has 234 valence electrons. The molecule has 43 heavy (non-hydrogen) atoms. The van der Waals surface area contributed by atoms with Crippen molar-refractivity contribution in [3.63, 3.8) is 0 Å². The summed E-state index contributed by atoms with van der Waals surface area (Å²) in [4.78, 5) is 55.2. The van der Waals surface area contributed by atoms with Crippen LogP contribution in [0, 0.1) is 25.7 Å². The molecule has 0 radical (unpaired) electrons. The summed E-state index contributed by atoms with van der Waals surface area (Å²) in [5, 5.41) is 25.2. The van der Waals surface area contributed by atoms with Crippen molar-refractivity contribution in [2.45, 2.75) is 111 Å². The molecule has 4 heterocycles. The molecule has 4 atom stereocenters. The first-order valence-electron chi connectivity index (χ1n) is 15.5. The van der Waals surface area contributed by atoms with Gasteiger partial charge < -0.3 is 30.8 Å². The minimum Gasteiger partial charge on any atom is -0.481 e. The van der Waals surface area contributed by atoms with Crippen molar-refractivity contribution in [3.8, 4) is 0 Å². The van der Waals surface area contributed by atoms with Crippen LogP contribution in [-0.4, -0.2) is 56.0 Å². The maximum Gasteiger partial charge on any atom is 0.303 e. The molecule has 0 bridgehead atoms. The Bertz CT molecular complexity index is 1450. The van der Waals surface area contributed by atoms with Gasteiger partial charge in [0.15, 0.2) is 0 Å². The van der Waals surface area contributed by atoms with Crippen LogP contribution in [0.3, 0.4) is 0 Å². The Hall–Kier alpha value is -3.82. The van der Waals surface area contributed by atoms with Gasteiger partial charge in [0.05, 0.1) is 6.04 Å². The number of H-pyrrole nitrogens is 2. The molecule has 0 aromatic carbocycles. The second-order valence-electron chi connectivity index (χ2n) is 12.3. The van der Waals surface area contributed by atoms with Gasteiger partial charge in [0, 0.05) is 72.4 Å². The summed E-state index contributed by atoms with van der Waals surface area (Å²) >= 11 is 0. The van der Waals surface area contributed by atoms with Crippen LogP contribution in [0.15, 0.2) is 11.1 Å². The van der Waals surface area contributed by atoms with Crippen molar-refractivity contribution >= 4 is 23.8 Å². The Kier molecular flexibility index (Phi) is 9.87. The Balaban J connectivity index is 1.69. The number of amides is 2. The summed E-state index contributed by atoms with van der Waals surface area (Å²) < 4.78 is 0. The van der Waals surface area contributed by atoms with E-state index in [-0.39, 0.29) is 48.6 Å². The highest BCUT2D eigenvalue weighted by molar-refractivity contribution is 5.97. The van der Waals surface area contributed by atoms with Crippen molar-refractivity contribution in [2.75, 3.05) is 0 Å². The first kappa shape index (κ1) is 32.1. The molecule has 0 aliphatic carbocycles. The molecule has 4 unspecified atom stereocenters. The highest BCUT2D eigenvalue weighted by Crippen LogP contribution is 2.32. The van der Waals surface area contributed by atoms with E-state index in [2.05, 4.69) is 27.5 Å². The zero-order chi connectivity index (χ0) is 31.6. The first-order chi connectivity index (χ1) is 20.4. The van der Waals surface area contributed by atoms with Gasteiger partial charge in [-0.25, -0.2) is 0 Å². The summed E-state index contributed by atoms with van der Waals surface area (Å²) in [7, 11) is 0. The number of carboxylic acid groups (broad SMARTS) is 2. The zero-order valence-corrected chi connectivity index (χ0v) is 26.2. The Morgan fingerprint density at radius 2 is 1.33 bits per heavy atom. The fraction of sp³-hybridized carbons (Fsp3) is 0.576. The van der Waals surface area contributed by atoms with Crippen LogP contribution in [0.2, 0.25) is 0 Å². The minimum absolute atomic E-state index is 0.00131. The molecule has 10 heteroatoms. The third kappa shape index (κ3) is 6.73. The van der Waals surface area contributed by atoms with Gasteiger partial charge in [-0.1, -0.05) is 27.2 Å². The summed E-state index contributed by atoms with van der Waals surface area (Å²) in [6.45, 7) is 12.0. The number of hydrogen-bond donors (Lipinski definition) is 6. The molecule has 2 aromatic heterocycles. The van der Waals surface area contributed by atoms with Gasteiger partial charge in [-0.2, -0.15) is 0 Å². The van der Waals surface area contributed by atoms with Crippen molar-refractivity contribution in [1.82, 2.24) is 20.6 Å². The lowest BCUT2D eigenvalue weighted by atomic mass is 9.87. The lowest BCUT2D eigenvalue weighted by molar-refractivity contribution is -0.138. The smallest absolute Gasteiger partial charge is 0.303 e. The number of aromatic amines is 2. The monoisotopic (exact) mass is 594 g/mol. The molecule has 2 aliphatic heterocycles. The highest BCUT2D eigenvalue weighted by atomic mass is 16.4. The molecule has 4 rings (SSSR count). The molecule has 1 fully saturated rings. The van der Waals surface area contributed by atoms with E-state index in [1.54, 1.807) is 0 Å². The average molecular weight is 595 g/mol. The fourth-order valence-electron chi connectivity index (χ4n) is 7.16. The van der Waals surface area contributed by atoms with E-state index in [0.29, 0.717) is 38.5 Å². The van der Waals surface area contributed by atoms with Crippen LogP contribution >= 0.6 is 0 Å². The number of aromatic nitrogens is 2. The summed E-state index contributed by atoms with van der Waals surface area (Å²) in [6.07, 6.45) is 3.94. The van der Waals surface area contributed by atoms with Gasteiger partial charge >= 0.3 is 11.9 Å². The third-order valence-electron chi connectivity index (χ3n) is 9.81. The summed E-state index contributed by atoms with van der Waals surface area (Å²) in [6, 6.07) is -0.123. The predicted octanol–water partition coefficient (Wildman–Crippen LogP) is 4.06. The Morgan fingerprint density at radius 3 is 1.79 bits per heavy atom. The quantitative estimate of drug-likeness (QED) is 0.193. The highest BCUT2D eigenvalue weighted by Gasteiger charge is 2.38. The molecule has 2 amide bonds. The largest absolute Gasteiger partial charge is 0.481 e. The number of hydrogen-bond acceptors (Lipinski definition) is 4. The van der Waals surface area contributed by atoms with Gasteiger partial charge in [-0.15, -0.1) is 0 Å². The lowest BCUT2D eigenvalue weighted by Crippen LogP contribution is -2.31. The maximum atomic E-state index is 12.5. The summed E-state index contributed by atoms with van der Waals surface area (Å²) in [5.74, 6) is -1.54. The Morgan fingerprint density at radius 1 is 0.791 bits per heavy atom. The van der Waals surface area contributed by atoms with Crippen LogP contribution in [0.4, 0.5) is 0 Å². The number of nitrogens with one attached hydrogen (secondary N) is 4. The van der Waals surface area contributed by atoms with Gasteiger partial charge in [-0.3, -0.25) is 19.2 Å². The SMILES string of the molecule is CCC1=C(C)C(Cc2[nH]c(Cc3[nH]c(CC4NC(=O)C(C)C4CC)c(C)c3CCC(=O)O)c(CCC(=O)O)c2C)NC1=O. The van der Waals surface area contributed by atoms with Crippen molar-refractivity contribution < 1.29 is 29.4 Å². The maximum absolute atomic E-state index is 12.5. The van der Waals surface area contributed by atoms with Gasteiger partial charge in [0.1, 0.15) is 0 Å². The van der Waals surface area contributed by atoms with E-state index < -0.39 is 11.9 Å². The second-order valence-corrected chi connectivity index (χ2v) is 12.3. The van der Waals surface area contributed by atoms with Crippen LogP contribution in [0.5, 0.6) is 0 Å². The molecular formula is C33H46N4O6. The number of carbonyl (C=O) groups is 4. The van der Waals surface area contributed by atoms with E-state index >= 15 is 0 Å². The minimum atomic E-state index is -0.874. The topological polar surface area (TPSA) is 164 Å². The fourth-order valence-corrected chi connectivity index (χ4v) is 7.16. The van der Waals surface area contributed by atoms with Crippen molar-refractivity contribution in [2.24, 2.45) is 11.8 Å². The number of carboxylic acids is 2. The van der Waals surface area contributed by atoms with Crippen LogP contribution in [0.25, 0.3) is 0 Å². The lowest BCUT2D eigenvalue weighted by Gasteiger charge is -2.19. The third-order valence-corrected chi connectivity index (χ3v) is 9.81. The number of rotatable bonds is 14. The van der Waals surface area contributed by atoms with Crippen molar-refractivity contribution in [3.05, 3.63) is 56.2 Å². The van der Waals surface area contributed by atoms with E-state index in [1.165, 1.54) is 0 Å². The van der Waals surface area contributed by atoms with Crippen LogP contribution in [-0.2, 0) is 51.3 Å². The normalized spacial score (nSPS) is 21.9. The number of aliphatic carboxylic acids is 2. The van der Waals surface area contributed by atoms with E-state index in [9.17, 15) is 29.4 Å². The van der Waals surface area contributed by atoms with Gasteiger partial charge in [0.2, 0.25) is 11.8 Å². The summed E-state index contributed by atoms with van der Waals surface area (Å²) in [5.41, 5.74) is 9.51. The molecule has 6 N–H and O–H groups in total. The van der Waals surface area contributed by atoms with Gasteiger partial charge in [0.25, 0.3) is 0 Å². The molecule has 0 spiro atoms. The molecule has 2 aromatic rings. The number of carbonyl (C=O) groups excluding carboxylic acids is 2. The average Bonchev–Trinajstić information content (AvgIpc) is 3.59. The first-order valence-corrected chi connectivity index (χ1v) is 15.5. The standard InChI is InChI=1S/C33H46N4O6/c1-7-20-19(6)32(42)37-27(20)14-25-18(5)23(10-12-31(40)41)29(35-25)15-28-22(9-11-30(38)39)17(4)24(34-28)13-26-16(3)21(8-2)33(43)36-26/h19-20,26-27,34-35H,7-15H2,1-6H3,(H,36,43)(H,37,42)(H,38,39)(H,40,41). The van der Waals surface area contributed by atoms with E-state index in [1.807, 2.05) is 34.6 Å². The molecule has 10 nitrogen and oxygen atoms in total. The zero-order valence-electron chi connectivity index (χ0n) is 26.2. The molecule has 1 saturated heterocycles. The molecular weight excluding hydrogens is 548 g/mol. The Labute approximate surface area is 253 Å². The van der Waals surface area contributed by atoms with E-state index in [4.69, 9.17) is 0 Å². The predicted molar refractivity (Wildman–Crippen MR) is 163 cm³/mol. The van der Waals surface area contributed by atoms with Crippen molar-refractivity contribution in [1.29, 1.82) is 0 Å². The van der Waals surface area contributed by atoms with Gasteiger partial charge in [-0.05, 0) is 73.8 Å². The molecule has 2 aliphatic rings. The van der Waals surface area contributed by atoms with Crippen LogP contribution in [0.1, 0.15) is 98.4 Å². The second kappa shape index (κ2) is 13.2.